The molecule has 0 aliphatic carbocycles. The van der Waals surface area contributed by atoms with Crippen LogP contribution in [-0.4, -0.2) is 18.4 Å². The Morgan fingerprint density at radius 1 is 1.33 bits per heavy atom. The first-order chi connectivity index (χ1) is 7.08. The number of ether oxygens (including phenoxy) is 1. The highest BCUT2D eigenvalue weighted by atomic mass is 16.5. The minimum atomic E-state index is -1.13. The zero-order valence-electron chi connectivity index (χ0n) is 9.84. The molecule has 0 aliphatic rings. The Labute approximate surface area is 91.5 Å². The number of carbonyl (C=O) groups is 2. The summed E-state index contributed by atoms with van der Waals surface area (Å²) in [6.45, 7) is 9.31. The summed E-state index contributed by atoms with van der Waals surface area (Å²) in [5, 5.41) is 0. The fourth-order valence-electron chi connectivity index (χ4n) is 1.51. The van der Waals surface area contributed by atoms with Crippen molar-refractivity contribution in [3.05, 3.63) is 12.7 Å². The normalized spacial score (nSPS) is 14.1. The minimum Gasteiger partial charge on any atom is -0.465 e. The van der Waals surface area contributed by atoms with Crippen LogP contribution < -0.4 is 0 Å². The molecule has 0 fully saturated rings. The van der Waals surface area contributed by atoms with E-state index in [1.54, 1.807) is 13.8 Å². The molecule has 0 N–H and O–H groups in total. The molecule has 0 rings (SSSR count). The standard InChI is InChI=1S/C12H20O3/c1-5-9-10(13)12(6-2,7-3)11(14)15-8-4/h6H,2,5,7-9H2,1,3-4H3. The molecule has 86 valence electrons. The van der Waals surface area contributed by atoms with E-state index in [0.717, 1.165) is 6.42 Å². The van der Waals surface area contributed by atoms with Gasteiger partial charge in [0.05, 0.1) is 6.61 Å². The Morgan fingerprint density at radius 2 is 1.93 bits per heavy atom. The van der Waals surface area contributed by atoms with Gasteiger partial charge in [-0.25, -0.2) is 0 Å². The van der Waals surface area contributed by atoms with Crippen LogP contribution in [0.15, 0.2) is 12.7 Å². The van der Waals surface area contributed by atoms with Crippen LogP contribution in [0.1, 0.15) is 40.0 Å². The highest BCUT2D eigenvalue weighted by Gasteiger charge is 2.41. The molecule has 0 spiro atoms. The quantitative estimate of drug-likeness (QED) is 0.370. The molecule has 0 amide bonds. The summed E-state index contributed by atoms with van der Waals surface area (Å²) in [5.74, 6) is -0.568. The second kappa shape index (κ2) is 6.38. The first-order valence-electron chi connectivity index (χ1n) is 5.43. The number of hydrogen-bond donors (Lipinski definition) is 0. The van der Waals surface area contributed by atoms with E-state index in [1.165, 1.54) is 6.08 Å². The molecule has 0 radical (unpaired) electrons. The third-order valence-electron chi connectivity index (χ3n) is 2.52. The Morgan fingerprint density at radius 3 is 2.27 bits per heavy atom. The fourth-order valence-corrected chi connectivity index (χ4v) is 1.51. The maximum absolute atomic E-state index is 11.9. The van der Waals surface area contributed by atoms with Gasteiger partial charge >= 0.3 is 5.97 Å². The monoisotopic (exact) mass is 212 g/mol. The Bertz CT molecular complexity index is 225. The van der Waals surface area contributed by atoms with Crippen molar-refractivity contribution in [2.45, 2.75) is 40.0 Å². The van der Waals surface area contributed by atoms with E-state index < -0.39 is 11.4 Å². The number of rotatable bonds is 7. The molecule has 15 heavy (non-hydrogen) atoms. The van der Waals surface area contributed by atoms with Gasteiger partial charge in [0.15, 0.2) is 5.78 Å². The molecule has 1 unspecified atom stereocenters. The molecule has 0 saturated heterocycles. The fraction of sp³-hybridized carbons (Fsp3) is 0.667. The lowest BCUT2D eigenvalue weighted by Crippen LogP contribution is -2.38. The average molecular weight is 212 g/mol. The molecule has 0 aromatic rings. The molecule has 0 aromatic carbocycles. The second-order valence-corrected chi connectivity index (χ2v) is 3.42. The zero-order chi connectivity index (χ0) is 11.9. The number of Topliss-reactive ketones (excluding diaryl/α,β-unsaturated/α-hetero) is 1. The van der Waals surface area contributed by atoms with Crippen molar-refractivity contribution in [1.29, 1.82) is 0 Å². The smallest absolute Gasteiger partial charge is 0.323 e. The van der Waals surface area contributed by atoms with Gasteiger partial charge in [0.1, 0.15) is 5.41 Å². The molecular formula is C12H20O3. The van der Waals surface area contributed by atoms with Crippen molar-refractivity contribution in [2.24, 2.45) is 5.41 Å². The van der Waals surface area contributed by atoms with Crippen LogP contribution in [0.2, 0.25) is 0 Å². The van der Waals surface area contributed by atoms with Gasteiger partial charge in [-0.15, -0.1) is 6.58 Å². The van der Waals surface area contributed by atoms with E-state index in [9.17, 15) is 9.59 Å². The molecular weight excluding hydrogens is 192 g/mol. The van der Waals surface area contributed by atoms with Crippen LogP contribution in [-0.2, 0) is 14.3 Å². The largest absolute Gasteiger partial charge is 0.465 e. The van der Waals surface area contributed by atoms with Gasteiger partial charge in [-0.1, -0.05) is 19.9 Å². The highest BCUT2D eigenvalue weighted by molar-refractivity contribution is 6.05. The summed E-state index contributed by atoms with van der Waals surface area (Å²) in [7, 11) is 0. The van der Waals surface area contributed by atoms with Gasteiger partial charge < -0.3 is 4.74 Å². The van der Waals surface area contributed by atoms with Gasteiger partial charge in [-0.3, -0.25) is 9.59 Å². The maximum atomic E-state index is 11.9. The van der Waals surface area contributed by atoms with Gasteiger partial charge in [-0.2, -0.15) is 0 Å². The summed E-state index contributed by atoms with van der Waals surface area (Å²) in [4.78, 5) is 23.6. The van der Waals surface area contributed by atoms with Crippen LogP contribution in [0.5, 0.6) is 0 Å². The number of ketones is 1. The lowest BCUT2D eigenvalue weighted by molar-refractivity contribution is -0.157. The van der Waals surface area contributed by atoms with E-state index in [-0.39, 0.29) is 12.4 Å². The van der Waals surface area contributed by atoms with E-state index in [4.69, 9.17) is 4.74 Å². The first-order valence-corrected chi connectivity index (χ1v) is 5.43. The SMILES string of the molecule is C=CC(CC)(C(=O)CCC)C(=O)OCC. The van der Waals surface area contributed by atoms with Crippen molar-refractivity contribution in [3.8, 4) is 0 Å². The summed E-state index contributed by atoms with van der Waals surface area (Å²) >= 11 is 0. The average Bonchev–Trinajstić information content (AvgIpc) is 2.21. The van der Waals surface area contributed by atoms with Crippen molar-refractivity contribution in [2.75, 3.05) is 6.61 Å². The minimum absolute atomic E-state index is 0.0963. The van der Waals surface area contributed by atoms with E-state index in [2.05, 4.69) is 6.58 Å². The van der Waals surface area contributed by atoms with Gasteiger partial charge in [0.25, 0.3) is 0 Å². The molecule has 0 bridgehead atoms. The van der Waals surface area contributed by atoms with Crippen LogP contribution >= 0.6 is 0 Å². The second-order valence-electron chi connectivity index (χ2n) is 3.42. The van der Waals surface area contributed by atoms with Crippen LogP contribution in [0.25, 0.3) is 0 Å². The third kappa shape index (κ3) is 2.91. The molecule has 1 atom stereocenters. The topological polar surface area (TPSA) is 43.4 Å². The van der Waals surface area contributed by atoms with Crippen LogP contribution in [0, 0.1) is 5.41 Å². The van der Waals surface area contributed by atoms with E-state index in [1.807, 2.05) is 6.92 Å². The van der Waals surface area contributed by atoms with Crippen molar-refractivity contribution in [3.63, 3.8) is 0 Å². The van der Waals surface area contributed by atoms with Crippen molar-refractivity contribution < 1.29 is 14.3 Å². The predicted octanol–water partition coefficient (Wildman–Crippen LogP) is 2.50. The van der Waals surface area contributed by atoms with E-state index in [0.29, 0.717) is 12.8 Å². The Hall–Kier alpha value is -1.12. The Balaban J connectivity index is 4.94. The summed E-state index contributed by atoms with van der Waals surface area (Å²) in [6.07, 6.45) is 2.95. The number of esters is 1. The first kappa shape index (κ1) is 13.9. The van der Waals surface area contributed by atoms with E-state index >= 15 is 0 Å². The molecule has 0 saturated carbocycles. The van der Waals surface area contributed by atoms with Gasteiger partial charge in [0, 0.05) is 6.42 Å². The highest BCUT2D eigenvalue weighted by Crippen LogP contribution is 2.28. The van der Waals surface area contributed by atoms with Crippen LogP contribution in [0.3, 0.4) is 0 Å². The third-order valence-corrected chi connectivity index (χ3v) is 2.52. The maximum Gasteiger partial charge on any atom is 0.323 e. The molecule has 0 heterocycles. The lowest BCUT2D eigenvalue weighted by Gasteiger charge is -2.24. The van der Waals surface area contributed by atoms with Crippen LogP contribution in [0.4, 0.5) is 0 Å². The zero-order valence-corrected chi connectivity index (χ0v) is 9.84. The lowest BCUT2D eigenvalue weighted by atomic mass is 9.79. The number of hydrogen-bond acceptors (Lipinski definition) is 3. The molecule has 3 nitrogen and oxygen atoms in total. The number of carbonyl (C=O) groups excluding carboxylic acids is 2. The molecule has 0 aliphatic heterocycles. The summed E-state index contributed by atoms with van der Waals surface area (Å²) < 4.78 is 4.93. The summed E-state index contributed by atoms with van der Waals surface area (Å²) in [5.41, 5.74) is -1.13. The molecule has 0 aromatic heterocycles. The van der Waals surface area contributed by atoms with Crippen molar-refractivity contribution in [1.82, 2.24) is 0 Å². The van der Waals surface area contributed by atoms with Gasteiger partial charge in [-0.05, 0) is 19.8 Å². The molecule has 3 heteroatoms. The summed E-state index contributed by atoms with van der Waals surface area (Å²) in [6, 6.07) is 0. The van der Waals surface area contributed by atoms with Crippen molar-refractivity contribution >= 4 is 11.8 Å². The van der Waals surface area contributed by atoms with Gasteiger partial charge in [0.2, 0.25) is 0 Å². The predicted molar refractivity (Wildman–Crippen MR) is 59.5 cm³/mol. The Kier molecular flexibility index (Phi) is 5.90.